The number of amides is 2. The number of nitrogens with zero attached hydrogens (tertiary/aromatic N) is 2. The third-order valence-electron chi connectivity index (χ3n) is 4.78. The van der Waals surface area contributed by atoms with Crippen molar-refractivity contribution >= 4 is 17.5 Å². The van der Waals surface area contributed by atoms with Crippen molar-refractivity contribution in [1.82, 2.24) is 4.90 Å². The van der Waals surface area contributed by atoms with Crippen LogP contribution in [0.15, 0.2) is 24.3 Å². The van der Waals surface area contributed by atoms with Gasteiger partial charge in [0.2, 0.25) is 5.91 Å². The van der Waals surface area contributed by atoms with E-state index < -0.39 is 0 Å². The Balaban J connectivity index is 1.60. The first kappa shape index (κ1) is 15.9. The van der Waals surface area contributed by atoms with Gasteiger partial charge in [0.25, 0.3) is 5.91 Å². The zero-order valence-corrected chi connectivity index (χ0v) is 13.4. The van der Waals surface area contributed by atoms with Gasteiger partial charge in [0.05, 0.1) is 32.6 Å². The number of anilines is 1. The SMILES string of the molecule is CCCN1C(=O)C[C@H]([NH+]2CCN(c3ccc(F)cc3)CC2)C1=O. The van der Waals surface area contributed by atoms with Crippen molar-refractivity contribution in [1.29, 1.82) is 0 Å². The highest BCUT2D eigenvalue weighted by atomic mass is 19.1. The molecule has 0 aromatic heterocycles. The first-order chi connectivity index (χ1) is 11.1. The molecule has 2 heterocycles. The summed E-state index contributed by atoms with van der Waals surface area (Å²) in [7, 11) is 0. The van der Waals surface area contributed by atoms with Gasteiger partial charge in [-0.25, -0.2) is 4.39 Å². The van der Waals surface area contributed by atoms with Crippen LogP contribution in [0.3, 0.4) is 0 Å². The molecule has 1 aromatic rings. The molecule has 1 N–H and O–H groups in total. The van der Waals surface area contributed by atoms with Crippen molar-refractivity contribution in [3.05, 3.63) is 30.1 Å². The highest BCUT2D eigenvalue weighted by molar-refractivity contribution is 6.04. The maximum atomic E-state index is 13.0. The second-order valence-corrected chi connectivity index (χ2v) is 6.26. The number of hydrogen-bond acceptors (Lipinski definition) is 3. The molecule has 2 fully saturated rings. The molecule has 1 atom stereocenters. The molecule has 0 spiro atoms. The molecular weight excluding hydrogens is 297 g/mol. The summed E-state index contributed by atoms with van der Waals surface area (Å²) in [6.45, 7) is 5.77. The second-order valence-electron chi connectivity index (χ2n) is 6.26. The zero-order valence-electron chi connectivity index (χ0n) is 13.4. The number of benzene rings is 1. The molecular formula is C17H23FN3O2+. The number of imide groups is 1. The summed E-state index contributed by atoms with van der Waals surface area (Å²) < 4.78 is 13.0. The summed E-state index contributed by atoms with van der Waals surface area (Å²) >= 11 is 0. The number of carbonyl (C=O) groups excluding carboxylic acids is 2. The molecule has 6 heteroatoms. The molecule has 2 aliphatic heterocycles. The minimum atomic E-state index is -0.232. The normalized spacial score (nSPS) is 23.0. The van der Waals surface area contributed by atoms with E-state index >= 15 is 0 Å². The van der Waals surface area contributed by atoms with Crippen LogP contribution in [-0.2, 0) is 9.59 Å². The summed E-state index contributed by atoms with van der Waals surface area (Å²) in [6.07, 6.45) is 1.14. The number of rotatable bonds is 4. The largest absolute Gasteiger partial charge is 0.360 e. The van der Waals surface area contributed by atoms with Gasteiger partial charge in [0.15, 0.2) is 6.04 Å². The Bertz CT molecular complexity index is 582. The maximum Gasteiger partial charge on any atom is 0.288 e. The Labute approximate surface area is 135 Å². The van der Waals surface area contributed by atoms with Crippen LogP contribution in [0.4, 0.5) is 10.1 Å². The lowest BCUT2D eigenvalue weighted by Gasteiger charge is -2.35. The molecule has 0 unspecified atom stereocenters. The van der Waals surface area contributed by atoms with E-state index in [1.807, 2.05) is 6.92 Å². The van der Waals surface area contributed by atoms with Crippen molar-refractivity contribution in [2.75, 3.05) is 37.6 Å². The summed E-state index contributed by atoms with van der Waals surface area (Å²) in [6, 6.07) is 6.29. The number of piperazine rings is 1. The number of likely N-dealkylation sites (tertiary alicyclic amines) is 1. The van der Waals surface area contributed by atoms with Crippen LogP contribution in [0.2, 0.25) is 0 Å². The maximum absolute atomic E-state index is 13.0. The van der Waals surface area contributed by atoms with E-state index in [2.05, 4.69) is 4.90 Å². The summed E-state index contributed by atoms with van der Waals surface area (Å²) in [5.74, 6) is -0.276. The molecule has 3 rings (SSSR count). The number of carbonyl (C=O) groups is 2. The van der Waals surface area contributed by atoms with Crippen molar-refractivity contribution in [3.63, 3.8) is 0 Å². The molecule has 0 bridgehead atoms. The first-order valence-corrected chi connectivity index (χ1v) is 8.29. The molecule has 0 aliphatic carbocycles. The molecule has 124 valence electrons. The highest BCUT2D eigenvalue weighted by Crippen LogP contribution is 2.16. The fourth-order valence-electron chi connectivity index (χ4n) is 3.51. The Morgan fingerprint density at radius 1 is 1.17 bits per heavy atom. The van der Waals surface area contributed by atoms with Gasteiger partial charge in [-0.2, -0.15) is 0 Å². The summed E-state index contributed by atoms with van der Waals surface area (Å²) in [4.78, 5) is 29.2. The lowest BCUT2D eigenvalue weighted by Crippen LogP contribution is -3.19. The standard InChI is InChI=1S/C17H22FN3O2/c1-2-7-21-16(22)12-15(17(21)23)20-10-8-19(9-11-20)14-5-3-13(18)4-6-14/h3-6,15H,2,7-12H2,1H3/p+1/t15-/m0/s1. The predicted molar refractivity (Wildman–Crippen MR) is 84.7 cm³/mol. The highest BCUT2D eigenvalue weighted by Gasteiger charge is 2.45. The number of nitrogens with one attached hydrogen (secondary N) is 1. The van der Waals surface area contributed by atoms with Gasteiger partial charge >= 0.3 is 0 Å². The third kappa shape index (κ3) is 3.22. The molecule has 0 saturated carbocycles. The number of hydrogen-bond donors (Lipinski definition) is 1. The summed E-state index contributed by atoms with van der Waals surface area (Å²) in [5.41, 5.74) is 1.01. The van der Waals surface area contributed by atoms with Crippen LogP contribution in [0.1, 0.15) is 19.8 Å². The Kier molecular flexibility index (Phi) is 4.61. The lowest BCUT2D eigenvalue weighted by atomic mass is 10.1. The third-order valence-corrected chi connectivity index (χ3v) is 4.78. The van der Waals surface area contributed by atoms with Crippen LogP contribution < -0.4 is 9.80 Å². The van der Waals surface area contributed by atoms with E-state index in [4.69, 9.17) is 0 Å². The van der Waals surface area contributed by atoms with Crippen molar-refractivity contribution in [2.45, 2.75) is 25.8 Å². The van der Waals surface area contributed by atoms with Crippen LogP contribution in [-0.4, -0.2) is 55.5 Å². The van der Waals surface area contributed by atoms with Crippen LogP contribution in [0.5, 0.6) is 0 Å². The van der Waals surface area contributed by atoms with Crippen molar-refractivity contribution < 1.29 is 18.9 Å². The summed E-state index contributed by atoms with van der Waals surface area (Å²) in [5, 5.41) is 0. The zero-order chi connectivity index (χ0) is 16.4. The van der Waals surface area contributed by atoms with Gasteiger partial charge in [-0.05, 0) is 30.7 Å². The topological polar surface area (TPSA) is 45.1 Å². The van der Waals surface area contributed by atoms with Gasteiger partial charge < -0.3 is 9.80 Å². The van der Waals surface area contributed by atoms with E-state index in [0.717, 1.165) is 38.3 Å². The smallest absolute Gasteiger partial charge is 0.288 e. The van der Waals surface area contributed by atoms with Gasteiger partial charge in [0, 0.05) is 12.2 Å². The van der Waals surface area contributed by atoms with Gasteiger partial charge in [0.1, 0.15) is 5.82 Å². The van der Waals surface area contributed by atoms with E-state index in [1.54, 1.807) is 12.1 Å². The van der Waals surface area contributed by atoms with Crippen LogP contribution in [0.25, 0.3) is 0 Å². The second kappa shape index (κ2) is 6.66. The van der Waals surface area contributed by atoms with E-state index in [1.165, 1.54) is 21.9 Å². The molecule has 2 aliphatic rings. The Hall–Kier alpha value is -1.95. The van der Waals surface area contributed by atoms with E-state index in [-0.39, 0.29) is 23.7 Å². The molecule has 2 amide bonds. The minimum absolute atomic E-state index is 0.0120. The fourth-order valence-corrected chi connectivity index (χ4v) is 3.51. The quantitative estimate of drug-likeness (QED) is 0.799. The Morgan fingerprint density at radius 2 is 1.83 bits per heavy atom. The molecule has 23 heavy (non-hydrogen) atoms. The monoisotopic (exact) mass is 320 g/mol. The van der Waals surface area contributed by atoms with Gasteiger partial charge in [-0.1, -0.05) is 6.92 Å². The van der Waals surface area contributed by atoms with E-state index in [9.17, 15) is 14.0 Å². The fraction of sp³-hybridized carbons (Fsp3) is 0.529. The lowest BCUT2D eigenvalue weighted by molar-refractivity contribution is -0.915. The van der Waals surface area contributed by atoms with Crippen molar-refractivity contribution in [2.24, 2.45) is 0 Å². The van der Waals surface area contributed by atoms with Crippen molar-refractivity contribution in [3.8, 4) is 0 Å². The molecule has 2 saturated heterocycles. The van der Waals surface area contributed by atoms with E-state index in [0.29, 0.717) is 13.0 Å². The Morgan fingerprint density at radius 3 is 2.43 bits per heavy atom. The average molecular weight is 320 g/mol. The van der Waals surface area contributed by atoms with Gasteiger partial charge in [-0.3, -0.25) is 14.5 Å². The van der Waals surface area contributed by atoms with Gasteiger partial charge in [-0.15, -0.1) is 0 Å². The predicted octanol–water partition coefficient (Wildman–Crippen LogP) is 0.0681. The molecule has 5 nitrogen and oxygen atoms in total. The molecule has 0 radical (unpaired) electrons. The number of quaternary nitrogens is 1. The number of halogens is 1. The van der Waals surface area contributed by atoms with Crippen LogP contribution in [0, 0.1) is 5.82 Å². The van der Waals surface area contributed by atoms with Crippen LogP contribution >= 0.6 is 0 Å². The molecule has 1 aromatic carbocycles. The minimum Gasteiger partial charge on any atom is -0.360 e. The first-order valence-electron chi connectivity index (χ1n) is 8.29. The average Bonchev–Trinajstić information content (AvgIpc) is 2.84.